The molecule has 0 aromatic heterocycles. The Bertz CT molecular complexity index is 123. The lowest BCUT2D eigenvalue weighted by molar-refractivity contribution is 0.411. The molecule has 0 bridgehead atoms. The number of rotatable bonds is 3. The highest BCUT2D eigenvalue weighted by molar-refractivity contribution is 6.24. The molecular formula is C6H13ClN2O. The Morgan fingerprint density at radius 3 is 2.60 bits per heavy atom. The van der Waals surface area contributed by atoms with E-state index in [1.165, 1.54) is 13.5 Å². The first-order valence-electron chi connectivity index (χ1n) is 3.01. The Labute approximate surface area is 66.2 Å². The van der Waals surface area contributed by atoms with Gasteiger partial charge in [0.15, 0.2) is 6.40 Å². The van der Waals surface area contributed by atoms with Crippen molar-refractivity contribution in [1.29, 1.82) is 0 Å². The summed E-state index contributed by atoms with van der Waals surface area (Å²) in [5.41, 5.74) is 5.51. The van der Waals surface area contributed by atoms with Crippen LogP contribution < -0.4 is 5.73 Å². The molecule has 2 N–H and O–H groups in total. The van der Waals surface area contributed by atoms with Crippen LogP contribution in [0.5, 0.6) is 0 Å². The molecule has 3 nitrogen and oxygen atoms in total. The average Bonchev–Trinajstić information content (AvgIpc) is 1.84. The van der Waals surface area contributed by atoms with Gasteiger partial charge in [-0.2, -0.15) is 0 Å². The first kappa shape index (κ1) is 9.72. The van der Waals surface area contributed by atoms with E-state index >= 15 is 0 Å². The molecule has 1 unspecified atom stereocenters. The molecule has 4 heteroatoms. The number of aliphatic imine (C=N–C) groups is 1. The van der Waals surface area contributed by atoms with E-state index in [0.717, 1.165) is 0 Å². The third kappa shape index (κ3) is 3.03. The summed E-state index contributed by atoms with van der Waals surface area (Å²) < 4.78 is 4.60. The second-order valence-corrected chi connectivity index (χ2v) is 3.05. The first-order valence-corrected chi connectivity index (χ1v) is 3.39. The minimum Gasteiger partial charge on any atom is -0.487 e. The summed E-state index contributed by atoms with van der Waals surface area (Å²) in [6.07, 6.45) is 1.29. The summed E-state index contributed by atoms with van der Waals surface area (Å²) in [6, 6.07) is -0.194. The first-order chi connectivity index (χ1) is 4.50. The summed E-state index contributed by atoms with van der Waals surface area (Å²) in [5.74, 6) is 0. The molecular weight excluding hydrogens is 152 g/mol. The van der Waals surface area contributed by atoms with Crippen molar-refractivity contribution in [3.05, 3.63) is 0 Å². The van der Waals surface area contributed by atoms with Gasteiger partial charge in [0, 0.05) is 6.04 Å². The summed E-state index contributed by atoms with van der Waals surface area (Å²) >= 11 is 5.85. The number of alkyl halides is 1. The number of hydrogen-bond acceptors (Lipinski definition) is 3. The minimum absolute atomic E-state index is 0.194. The van der Waals surface area contributed by atoms with Gasteiger partial charge in [0.25, 0.3) is 0 Å². The van der Waals surface area contributed by atoms with Gasteiger partial charge in [0.2, 0.25) is 0 Å². The molecule has 0 aliphatic carbocycles. The molecule has 0 aliphatic heterocycles. The quantitative estimate of drug-likeness (QED) is 0.292. The average molecular weight is 165 g/mol. The van der Waals surface area contributed by atoms with Gasteiger partial charge in [0.05, 0.1) is 7.11 Å². The lowest BCUT2D eigenvalue weighted by Gasteiger charge is -2.20. The molecule has 0 aliphatic rings. The highest BCUT2D eigenvalue weighted by atomic mass is 35.5. The smallest absolute Gasteiger partial charge is 0.170 e. The molecule has 0 fully saturated rings. The molecule has 0 radical (unpaired) electrons. The second kappa shape index (κ2) is 3.78. The Balaban J connectivity index is 3.98. The lowest BCUT2D eigenvalue weighted by Crippen LogP contribution is -2.36. The van der Waals surface area contributed by atoms with Crippen LogP contribution in [0.2, 0.25) is 0 Å². The van der Waals surface area contributed by atoms with E-state index in [0.29, 0.717) is 0 Å². The maximum atomic E-state index is 5.85. The van der Waals surface area contributed by atoms with Crippen molar-refractivity contribution in [2.24, 2.45) is 10.7 Å². The monoisotopic (exact) mass is 164 g/mol. The zero-order chi connectivity index (χ0) is 8.20. The number of methoxy groups -OCH3 is 1. The van der Waals surface area contributed by atoms with Crippen LogP contribution in [0.15, 0.2) is 4.99 Å². The molecule has 0 aromatic rings. The summed E-state index contributed by atoms with van der Waals surface area (Å²) in [4.78, 5) is 3.11. The summed E-state index contributed by atoms with van der Waals surface area (Å²) in [6.45, 7) is 3.52. The van der Waals surface area contributed by atoms with Crippen LogP contribution in [0.25, 0.3) is 0 Å². The molecule has 0 saturated carbocycles. The Morgan fingerprint density at radius 1 is 1.80 bits per heavy atom. The largest absolute Gasteiger partial charge is 0.487 e. The van der Waals surface area contributed by atoms with Crippen LogP contribution in [-0.2, 0) is 4.74 Å². The molecule has 10 heavy (non-hydrogen) atoms. The van der Waals surface area contributed by atoms with E-state index in [2.05, 4.69) is 9.73 Å². The molecule has 0 spiro atoms. The van der Waals surface area contributed by atoms with E-state index in [1.54, 1.807) is 13.8 Å². The number of hydrogen-bond donors (Lipinski definition) is 1. The van der Waals surface area contributed by atoms with Gasteiger partial charge in [0.1, 0.15) is 5.00 Å². The highest BCUT2D eigenvalue weighted by Gasteiger charge is 2.23. The molecule has 2 atom stereocenters. The maximum absolute atomic E-state index is 5.85. The number of nitrogens with two attached hydrogens (primary N) is 1. The van der Waals surface area contributed by atoms with Gasteiger partial charge in [-0.25, -0.2) is 4.99 Å². The van der Waals surface area contributed by atoms with E-state index in [4.69, 9.17) is 17.3 Å². The fourth-order valence-electron chi connectivity index (χ4n) is 0.273. The van der Waals surface area contributed by atoms with Gasteiger partial charge >= 0.3 is 0 Å². The zero-order valence-corrected chi connectivity index (χ0v) is 7.22. The number of nitrogens with zero attached hydrogens (tertiary/aromatic N) is 1. The fourth-order valence-corrected chi connectivity index (χ4v) is 0.313. The third-order valence-corrected chi connectivity index (χ3v) is 1.68. The number of ether oxygens (including phenoxy) is 1. The summed E-state index contributed by atoms with van der Waals surface area (Å²) in [5, 5.41) is 0. The minimum atomic E-state index is -0.754. The van der Waals surface area contributed by atoms with Crippen LogP contribution in [0.1, 0.15) is 13.8 Å². The van der Waals surface area contributed by atoms with E-state index in [1.807, 2.05) is 0 Å². The van der Waals surface area contributed by atoms with Crippen molar-refractivity contribution in [3.8, 4) is 0 Å². The molecule has 0 amide bonds. The van der Waals surface area contributed by atoms with Gasteiger partial charge in [-0.1, -0.05) is 11.6 Å². The van der Waals surface area contributed by atoms with Crippen LogP contribution in [0.4, 0.5) is 0 Å². The standard InChI is InChI=1S/C6H13ClN2O/c1-5(8)6(2,7)9-4-10-3/h4-5H,8H2,1-3H3/b9-4+/t5-,6?/m0/s1. The Kier molecular flexibility index (Phi) is 3.68. The van der Waals surface area contributed by atoms with Crippen LogP contribution in [0.3, 0.4) is 0 Å². The van der Waals surface area contributed by atoms with E-state index < -0.39 is 5.00 Å². The van der Waals surface area contributed by atoms with E-state index in [9.17, 15) is 0 Å². The number of halogens is 1. The maximum Gasteiger partial charge on any atom is 0.170 e. The van der Waals surface area contributed by atoms with Crippen LogP contribution in [0, 0.1) is 0 Å². The van der Waals surface area contributed by atoms with Gasteiger partial charge in [-0.3, -0.25) is 0 Å². The van der Waals surface area contributed by atoms with Crippen molar-refractivity contribution in [2.75, 3.05) is 7.11 Å². The predicted molar refractivity (Wildman–Crippen MR) is 43.4 cm³/mol. The second-order valence-electron chi connectivity index (χ2n) is 2.28. The third-order valence-electron chi connectivity index (χ3n) is 1.24. The van der Waals surface area contributed by atoms with Gasteiger partial charge in [-0.15, -0.1) is 0 Å². The topological polar surface area (TPSA) is 47.6 Å². The molecule has 0 rings (SSSR count). The van der Waals surface area contributed by atoms with Crippen LogP contribution in [-0.4, -0.2) is 24.6 Å². The van der Waals surface area contributed by atoms with Crippen molar-refractivity contribution < 1.29 is 4.74 Å². The lowest BCUT2D eigenvalue weighted by atomic mass is 10.2. The van der Waals surface area contributed by atoms with E-state index in [-0.39, 0.29) is 6.04 Å². The van der Waals surface area contributed by atoms with Crippen molar-refractivity contribution in [2.45, 2.75) is 24.9 Å². The van der Waals surface area contributed by atoms with Crippen molar-refractivity contribution >= 4 is 18.0 Å². The highest BCUT2D eigenvalue weighted by Crippen LogP contribution is 2.18. The van der Waals surface area contributed by atoms with Crippen LogP contribution >= 0.6 is 11.6 Å². The molecule has 0 aromatic carbocycles. The Hall–Kier alpha value is -0.280. The van der Waals surface area contributed by atoms with Gasteiger partial charge < -0.3 is 10.5 Å². The normalized spacial score (nSPS) is 20.5. The molecule has 60 valence electrons. The molecule has 0 saturated heterocycles. The SMILES string of the molecule is CO/C=N/C(C)(Cl)[C@H](C)N. The molecule has 0 heterocycles. The Morgan fingerprint density at radius 2 is 2.30 bits per heavy atom. The zero-order valence-electron chi connectivity index (χ0n) is 6.47. The summed E-state index contributed by atoms with van der Waals surface area (Å²) in [7, 11) is 1.51. The van der Waals surface area contributed by atoms with Gasteiger partial charge in [-0.05, 0) is 13.8 Å². The van der Waals surface area contributed by atoms with Crippen molar-refractivity contribution in [1.82, 2.24) is 0 Å². The fraction of sp³-hybridized carbons (Fsp3) is 0.833. The predicted octanol–water partition coefficient (Wildman–Crippen LogP) is 0.963. The van der Waals surface area contributed by atoms with Crippen molar-refractivity contribution in [3.63, 3.8) is 0 Å².